The van der Waals surface area contributed by atoms with E-state index < -0.39 is 0 Å². The van der Waals surface area contributed by atoms with Crippen molar-refractivity contribution in [3.8, 4) is 17.3 Å². The molecule has 1 atom stereocenters. The second kappa shape index (κ2) is 8.57. The van der Waals surface area contributed by atoms with Crippen LogP contribution in [0.5, 0.6) is 5.88 Å². The van der Waals surface area contributed by atoms with Gasteiger partial charge in [-0.2, -0.15) is 4.98 Å². The van der Waals surface area contributed by atoms with Gasteiger partial charge in [-0.05, 0) is 45.9 Å². The molecule has 3 aromatic rings. The lowest BCUT2D eigenvalue weighted by Gasteiger charge is -2.21. The van der Waals surface area contributed by atoms with Gasteiger partial charge in [-0.15, -0.1) is 0 Å². The minimum Gasteiger partial charge on any atom is -0.475 e. The Morgan fingerprint density at radius 3 is 2.60 bits per heavy atom. The molecule has 0 aliphatic rings. The molecule has 1 N–H and O–H groups in total. The van der Waals surface area contributed by atoms with Gasteiger partial charge in [0.05, 0.1) is 12.1 Å². The lowest BCUT2D eigenvalue weighted by atomic mass is 10.1. The molecule has 0 saturated heterocycles. The van der Waals surface area contributed by atoms with E-state index in [1.165, 1.54) is 0 Å². The molecule has 0 radical (unpaired) electrons. The number of imidazole rings is 1. The molecule has 0 aliphatic heterocycles. The number of likely N-dealkylation sites (N-methyl/N-ethyl adjacent to an activating group) is 1. The minimum absolute atomic E-state index is 0.0167. The van der Waals surface area contributed by atoms with Crippen LogP contribution in [0.2, 0.25) is 0 Å². The van der Waals surface area contributed by atoms with Crippen molar-refractivity contribution in [2.45, 2.75) is 39.8 Å². The molecule has 30 heavy (non-hydrogen) atoms. The number of hydrogen-bond acceptors (Lipinski definition) is 5. The molecule has 3 aromatic heterocycles. The van der Waals surface area contributed by atoms with E-state index in [0.717, 1.165) is 22.6 Å². The van der Waals surface area contributed by atoms with Gasteiger partial charge in [0, 0.05) is 43.2 Å². The van der Waals surface area contributed by atoms with E-state index in [1.807, 2.05) is 58.3 Å². The summed E-state index contributed by atoms with van der Waals surface area (Å²) < 4.78 is 9.46. The number of allylic oxidation sites excluding steroid dienone is 3. The number of ether oxygens (including phenoxy) is 1. The fourth-order valence-corrected chi connectivity index (χ4v) is 3.53. The Morgan fingerprint density at radius 1 is 1.27 bits per heavy atom. The van der Waals surface area contributed by atoms with E-state index in [2.05, 4.69) is 23.4 Å². The summed E-state index contributed by atoms with van der Waals surface area (Å²) in [5.74, 6) is 1.28. The summed E-state index contributed by atoms with van der Waals surface area (Å²) in [4.78, 5) is 21.8. The highest BCUT2D eigenvalue weighted by Crippen LogP contribution is 2.31. The van der Waals surface area contributed by atoms with Gasteiger partial charge in [0.2, 0.25) is 5.88 Å². The summed E-state index contributed by atoms with van der Waals surface area (Å²) >= 11 is 0. The molecule has 0 spiro atoms. The van der Waals surface area contributed by atoms with Gasteiger partial charge in [-0.3, -0.25) is 9.36 Å². The van der Waals surface area contributed by atoms with Crippen LogP contribution in [0.4, 0.5) is 0 Å². The van der Waals surface area contributed by atoms with Crippen molar-refractivity contribution in [1.82, 2.24) is 24.4 Å². The number of hydrogen-bond donors (Lipinski definition) is 1. The van der Waals surface area contributed by atoms with Crippen molar-refractivity contribution in [3.63, 3.8) is 0 Å². The Bertz CT molecular complexity index is 1140. The molecule has 0 amide bonds. The highest BCUT2D eigenvalue weighted by molar-refractivity contribution is 5.78. The van der Waals surface area contributed by atoms with Crippen LogP contribution in [0, 0.1) is 6.92 Å². The average molecular weight is 408 g/mol. The first kappa shape index (κ1) is 21.4. The zero-order valence-electron chi connectivity index (χ0n) is 18.4. The summed E-state index contributed by atoms with van der Waals surface area (Å²) in [7, 11) is 3.63. The maximum atomic E-state index is 12.2. The first-order valence-electron chi connectivity index (χ1n) is 10.0. The van der Waals surface area contributed by atoms with Crippen molar-refractivity contribution in [1.29, 1.82) is 0 Å². The van der Waals surface area contributed by atoms with E-state index in [0.29, 0.717) is 17.1 Å². The summed E-state index contributed by atoms with van der Waals surface area (Å²) in [6.45, 7) is 11.6. The van der Waals surface area contributed by atoms with Crippen molar-refractivity contribution in [3.05, 3.63) is 64.7 Å². The molecule has 0 aromatic carbocycles. The Labute approximate surface area is 176 Å². The molecule has 3 heterocycles. The molecular formula is C23H29N5O2. The van der Waals surface area contributed by atoms with Crippen molar-refractivity contribution in [2.24, 2.45) is 7.05 Å². The van der Waals surface area contributed by atoms with Gasteiger partial charge in [-0.1, -0.05) is 12.7 Å². The molecule has 7 nitrogen and oxygen atoms in total. The topological polar surface area (TPSA) is 74.0 Å². The number of rotatable bonds is 7. The Morgan fingerprint density at radius 2 is 2.00 bits per heavy atom. The maximum Gasteiger partial charge on any atom is 0.253 e. The second-order valence-corrected chi connectivity index (χ2v) is 7.58. The summed E-state index contributed by atoms with van der Waals surface area (Å²) in [5.41, 5.74) is 3.92. The standard InChI is InChI=1S/C23H29N5O2/c1-8-9-18(24-6)16(5)28-21(17-12-15(4)23(29)27(7)13-17)25-19-10-11-20(26-22(19)28)30-14(2)3/h8-14,16,24H,1H2,2-7H3/b18-9-. The molecule has 0 saturated carbocycles. The van der Waals surface area contributed by atoms with Crippen LogP contribution in [0.15, 0.2) is 53.6 Å². The molecule has 0 aliphatic carbocycles. The number of pyridine rings is 2. The van der Waals surface area contributed by atoms with Crippen LogP contribution in [-0.2, 0) is 7.05 Å². The molecule has 0 bridgehead atoms. The Hall–Kier alpha value is -3.35. The van der Waals surface area contributed by atoms with Gasteiger partial charge in [0.1, 0.15) is 11.3 Å². The third kappa shape index (κ3) is 4.01. The third-order valence-electron chi connectivity index (χ3n) is 4.91. The van der Waals surface area contributed by atoms with Crippen LogP contribution in [0.25, 0.3) is 22.6 Å². The molecule has 3 rings (SSSR count). The van der Waals surface area contributed by atoms with Crippen LogP contribution < -0.4 is 15.6 Å². The van der Waals surface area contributed by atoms with Crippen LogP contribution in [0.1, 0.15) is 32.4 Å². The Balaban J connectivity index is 2.32. The zero-order valence-corrected chi connectivity index (χ0v) is 18.4. The molecular weight excluding hydrogens is 378 g/mol. The monoisotopic (exact) mass is 407 g/mol. The van der Waals surface area contributed by atoms with Crippen molar-refractivity contribution in [2.75, 3.05) is 7.05 Å². The van der Waals surface area contributed by atoms with E-state index in [1.54, 1.807) is 17.7 Å². The molecule has 7 heteroatoms. The fourth-order valence-electron chi connectivity index (χ4n) is 3.53. The largest absolute Gasteiger partial charge is 0.475 e. The predicted octanol–water partition coefficient (Wildman–Crippen LogP) is 3.74. The normalized spacial score (nSPS) is 13.0. The first-order chi connectivity index (χ1) is 14.3. The number of nitrogens with zero attached hydrogens (tertiary/aromatic N) is 4. The highest BCUT2D eigenvalue weighted by Gasteiger charge is 2.22. The van der Waals surface area contributed by atoms with Crippen molar-refractivity contribution < 1.29 is 4.74 Å². The first-order valence-corrected chi connectivity index (χ1v) is 10.0. The SMILES string of the molecule is C=C/C=C(\NC)C(C)n1c(-c2cc(C)c(=O)n(C)c2)nc2ccc(OC(C)C)nc21. The second-order valence-electron chi connectivity index (χ2n) is 7.58. The molecule has 158 valence electrons. The van der Waals surface area contributed by atoms with E-state index >= 15 is 0 Å². The summed E-state index contributed by atoms with van der Waals surface area (Å²) in [6, 6.07) is 5.51. The number of nitrogens with one attached hydrogen (secondary N) is 1. The minimum atomic E-state index is -0.104. The molecule has 0 fully saturated rings. The number of aryl methyl sites for hydroxylation is 2. The van der Waals surface area contributed by atoms with Crippen molar-refractivity contribution >= 4 is 11.2 Å². The number of fused-ring (bicyclic) bond motifs is 1. The van der Waals surface area contributed by atoms with Crippen LogP contribution in [-0.4, -0.2) is 32.3 Å². The lowest BCUT2D eigenvalue weighted by Crippen LogP contribution is -2.21. The summed E-state index contributed by atoms with van der Waals surface area (Å²) in [5, 5.41) is 3.24. The number of aromatic nitrogens is 4. The lowest BCUT2D eigenvalue weighted by molar-refractivity contribution is 0.233. The van der Waals surface area contributed by atoms with E-state index in [4.69, 9.17) is 14.7 Å². The fraction of sp³-hybridized carbons (Fsp3) is 0.348. The zero-order chi connectivity index (χ0) is 22.0. The van der Waals surface area contributed by atoms with Gasteiger partial charge < -0.3 is 14.6 Å². The van der Waals surface area contributed by atoms with Crippen LogP contribution >= 0.6 is 0 Å². The van der Waals surface area contributed by atoms with Gasteiger partial charge in [-0.25, -0.2) is 4.98 Å². The van der Waals surface area contributed by atoms with Gasteiger partial charge >= 0.3 is 0 Å². The smallest absolute Gasteiger partial charge is 0.253 e. The quantitative estimate of drug-likeness (QED) is 0.604. The van der Waals surface area contributed by atoms with Crippen LogP contribution in [0.3, 0.4) is 0 Å². The third-order valence-corrected chi connectivity index (χ3v) is 4.91. The predicted molar refractivity (Wildman–Crippen MR) is 121 cm³/mol. The van der Waals surface area contributed by atoms with Gasteiger partial charge in [0.25, 0.3) is 5.56 Å². The van der Waals surface area contributed by atoms with Gasteiger partial charge in [0.15, 0.2) is 5.65 Å². The highest BCUT2D eigenvalue weighted by atomic mass is 16.5. The Kier molecular flexibility index (Phi) is 6.10. The van der Waals surface area contributed by atoms with E-state index in [-0.39, 0.29) is 17.7 Å². The maximum absolute atomic E-state index is 12.2. The van der Waals surface area contributed by atoms with E-state index in [9.17, 15) is 4.79 Å². The average Bonchev–Trinajstić information content (AvgIpc) is 3.07. The summed E-state index contributed by atoms with van der Waals surface area (Å²) in [6.07, 6.45) is 5.50. The molecule has 1 unspecified atom stereocenters.